The third-order valence-corrected chi connectivity index (χ3v) is 3.51. The topological polar surface area (TPSA) is 52.6 Å². The first-order valence-electron chi connectivity index (χ1n) is 6.37. The molecule has 1 aromatic rings. The minimum absolute atomic E-state index is 0.0567. The lowest BCUT2D eigenvalue weighted by atomic mass is 10.3. The highest BCUT2D eigenvalue weighted by Gasteiger charge is 2.10. The first kappa shape index (κ1) is 15.7. The molecule has 104 valence electrons. The summed E-state index contributed by atoms with van der Waals surface area (Å²) in [6.45, 7) is 6.49. The number of carbonyl (C=O) groups excluding carboxylic acids is 1. The maximum absolute atomic E-state index is 11.5. The van der Waals surface area contributed by atoms with Crippen molar-refractivity contribution in [3.63, 3.8) is 0 Å². The van der Waals surface area contributed by atoms with Crippen molar-refractivity contribution in [3.8, 4) is 11.8 Å². The van der Waals surface area contributed by atoms with Gasteiger partial charge in [-0.3, -0.25) is 9.69 Å². The SMILES string of the molecule is CCNC(=O)CN(CC)Cc1ccc(C#CCO)s1. The van der Waals surface area contributed by atoms with E-state index in [1.165, 1.54) is 4.88 Å². The zero-order chi connectivity index (χ0) is 14.1. The molecule has 5 heteroatoms. The monoisotopic (exact) mass is 280 g/mol. The van der Waals surface area contributed by atoms with Crippen LogP contribution in [0.1, 0.15) is 23.6 Å². The maximum atomic E-state index is 11.5. The van der Waals surface area contributed by atoms with Gasteiger partial charge in [0.1, 0.15) is 6.61 Å². The van der Waals surface area contributed by atoms with Gasteiger partial charge in [-0.2, -0.15) is 0 Å². The normalized spacial score (nSPS) is 10.1. The summed E-state index contributed by atoms with van der Waals surface area (Å²) < 4.78 is 0. The third-order valence-electron chi connectivity index (χ3n) is 2.52. The summed E-state index contributed by atoms with van der Waals surface area (Å²) in [6, 6.07) is 3.97. The standard InChI is InChI=1S/C14H20N2O2S/c1-3-15-14(18)11-16(4-2)10-13-8-7-12(19-13)6-5-9-17/h7-8,17H,3-4,9-11H2,1-2H3,(H,15,18). The lowest BCUT2D eigenvalue weighted by molar-refractivity contribution is -0.122. The van der Waals surface area contributed by atoms with E-state index in [1.54, 1.807) is 11.3 Å². The molecule has 0 fully saturated rings. The largest absolute Gasteiger partial charge is 0.384 e. The lowest BCUT2D eigenvalue weighted by Gasteiger charge is -2.18. The van der Waals surface area contributed by atoms with E-state index in [9.17, 15) is 4.79 Å². The van der Waals surface area contributed by atoms with Crippen LogP contribution in [0.4, 0.5) is 0 Å². The molecule has 0 unspecified atom stereocenters. The van der Waals surface area contributed by atoms with Gasteiger partial charge in [0, 0.05) is 18.0 Å². The number of hydrogen-bond donors (Lipinski definition) is 2. The number of hydrogen-bond acceptors (Lipinski definition) is 4. The number of likely N-dealkylation sites (N-methyl/N-ethyl adjacent to an activating group) is 2. The van der Waals surface area contributed by atoms with Crippen LogP contribution in [0.5, 0.6) is 0 Å². The Bertz CT molecular complexity index is 460. The van der Waals surface area contributed by atoms with E-state index in [4.69, 9.17) is 5.11 Å². The number of carbonyl (C=O) groups is 1. The molecule has 0 aliphatic heterocycles. The van der Waals surface area contributed by atoms with E-state index >= 15 is 0 Å². The summed E-state index contributed by atoms with van der Waals surface area (Å²) in [6.07, 6.45) is 0. The second kappa shape index (κ2) is 8.70. The predicted octanol–water partition coefficient (Wildman–Crippen LogP) is 1.05. The first-order chi connectivity index (χ1) is 9.19. The van der Waals surface area contributed by atoms with Gasteiger partial charge in [-0.25, -0.2) is 0 Å². The average molecular weight is 280 g/mol. The number of nitrogens with one attached hydrogen (secondary N) is 1. The molecule has 0 saturated heterocycles. The zero-order valence-corrected chi connectivity index (χ0v) is 12.2. The molecule has 1 heterocycles. The summed E-state index contributed by atoms with van der Waals surface area (Å²) in [4.78, 5) is 15.8. The van der Waals surface area contributed by atoms with Crippen LogP contribution >= 0.6 is 11.3 Å². The summed E-state index contributed by atoms with van der Waals surface area (Å²) >= 11 is 1.60. The van der Waals surface area contributed by atoms with Gasteiger partial charge >= 0.3 is 0 Å². The average Bonchev–Trinajstić information content (AvgIpc) is 2.83. The third kappa shape index (κ3) is 5.88. The van der Waals surface area contributed by atoms with Crippen LogP contribution in [-0.4, -0.2) is 42.2 Å². The van der Waals surface area contributed by atoms with Crippen molar-refractivity contribution >= 4 is 17.2 Å². The van der Waals surface area contributed by atoms with Crippen molar-refractivity contribution in [2.75, 3.05) is 26.2 Å². The van der Waals surface area contributed by atoms with E-state index in [0.717, 1.165) is 18.0 Å². The van der Waals surface area contributed by atoms with Gasteiger partial charge in [0.2, 0.25) is 5.91 Å². The number of aliphatic hydroxyl groups excluding tert-OH is 1. The van der Waals surface area contributed by atoms with Crippen LogP contribution in [0.25, 0.3) is 0 Å². The fraction of sp³-hybridized carbons (Fsp3) is 0.500. The first-order valence-corrected chi connectivity index (χ1v) is 7.18. The molecule has 0 spiro atoms. The molecule has 0 saturated carbocycles. The van der Waals surface area contributed by atoms with Gasteiger partial charge in [0.25, 0.3) is 0 Å². The Morgan fingerprint density at radius 1 is 1.47 bits per heavy atom. The van der Waals surface area contributed by atoms with Crippen LogP contribution in [0.15, 0.2) is 12.1 Å². The molecular weight excluding hydrogens is 260 g/mol. The number of aliphatic hydroxyl groups is 1. The van der Waals surface area contributed by atoms with Crippen LogP contribution in [0.3, 0.4) is 0 Å². The second-order valence-electron chi connectivity index (χ2n) is 3.98. The molecule has 0 radical (unpaired) electrons. The molecule has 4 nitrogen and oxygen atoms in total. The fourth-order valence-corrected chi connectivity index (χ4v) is 2.54. The van der Waals surface area contributed by atoms with Gasteiger partial charge in [-0.1, -0.05) is 18.8 Å². The molecule has 0 atom stereocenters. The quantitative estimate of drug-likeness (QED) is 0.766. The number of rotatable bonds is 6. The molecule has 0 bridgehead atoms. The predicted molar refractivity (Wildman–Crippen MR) is 77.9 cm³/mol. The van der Waals surface area contributed by atoms with Crippen LogP contribution < -0.4 is 5.32 Å². The van der Waals surface area contributed by atoms with Gasteiger partial charge in [0.15, 0.2) is 0 Å². The van der Waals surface area contributed by atoms with Crippen LogP contribution in [0, 0.1) is 11.8 Å². The summed E-state index contributed by atoms with van der Waals surface area (Å²) in [5.74, 6) is 5.58. The number of nitrogens with zero attached hydrogens (tertiary/aromatic N) is 1. The van der Waals surface area contributed by atoms with Crippen molar-refractivity contribution in [2.24, 2.45) is 0 Å². The van der Waals surface area contributed by atoms with Crippen molar-refractivity contribution < 1.29 is 9.90 Å². The zero-order valence-electron chi connectivity index (χ0n) is 11.4. The van der Waals surface area contributed by atoms with Gasteiger partial charge in [-0.05, 0) is 25.6 Å². The molecule has 1 amide bonds. The smallest absolute Gasteiger partial charge is 0.234 e. The van der Waals surface area contributed by atoms with Crippen LogP contribution in [-0.2, 0) is 11.3 Å². The highest BCUT2D eigenvalue weighted by atomic mass is 32.1. The van der Waals surface area contributed by atoms with E-state index < -0.39 is 0 Å². The highest BCUT2D eigenvalue weighted by molar-refractivity contribution is 7.12. The molecule has 19 heavy (non-hydrogen) atoms. The Morgan fingerprint density at radius 2 is 2.26 bits per heavy atom. The molecule has 0 aliphatic carbocycles. The van der Waals surface area contributed by atoms with E-state index in [0.29, 0.717) is 13.1 Å². The lowest BCUT2D eigenvalue weighted by Crippen LogP contribution is -2.36. The van der Waals surface area contributed by atoms with Crippen molar-refractivity contribution in [1.29, 1.82) is 0 Å². The molecule has 1 aromatic heterocycles. The van der Waals surface area contributed by atoms with E-state index in [2.05, 4.69) is 22.1 Å². The van der Waals surface area contributed by atoms with Crippen molar-refractivity contribution in [3.05, 3.63) is 21.9 Å². The molecule has 1 rings (SSSR count). The minimum Gasteiger partial charge on any atom is -0.384 e. The summed E-state index contributed by atoms with van der Waals surface area (Å²) in [5, 5.41) is 11.4. The Balaban J connectivity index is 2.55. The number of amides is 1. The Morgan fingerprint density at radius 3 is 2.89 bits per heavy atom. The number of thiophene rings is 1. The molecular formula is C14H20N2O2S. The molecule has 0 aromatic carbocycles. The molecule has 2 N–H and O–H groups in total. The second-order valence-corrected chi connectivity index (χ2v) is 5.15. The minimum atomic E-state index is -0.120. The molecule has 0 aliphatic rings. The van der Waals surface area contributed by atoms with E-state index in [-0.39, 0.29) is 12.5 Å². The van der Waals surface area contributed by atoms with Crippen LogP contribution in [0.2, 0.25) is 0 Å². The van der Waals surface area contributed by atoms with Gasteiger partial charge in [0.05, 0.1) is 11.4 Å². The maximum Gasteiger partial charge on any atom is 0.234 e. The highest BCUT2D eigenvalue weighted by Crippen LogP contribution is 2.17. The summed E-state index contributed by atoms with van der Waals surface area (Å²) in [5.41, 5.74) is 0. The summed E-state index contributed by atoms with van der Waals surface area (Å²) in [7, 11) is 0. The Labute approximate surface area is 118 Å². The van der Waals surface area contributed by atoms with Gasteiger partial charge in [-0.15, -0.1) is 11.3 Å². The van der Waals surface area contributed by atoms with Crippen molar-refractivity contribution in [1.82, 2.24) is 10.2 Å². The van der Waals surface area contributed by atoms with E-state index in [1.807, 2.05) is 26.0 Å². The van der Waals surface area contributed by atoms with Gasteiger partial charge < -0.3 is 10.4 Å². The Kier molecular flexibility index (Phi) is 7.19. The van der Waals surface area contributed by atoms with Crippen molar-refractivity contribution in [2.45, 2.75) is 20.4 Å². The Hall–Kier alpha value is -1.35. The fourth-order valence-electron chi connectivity index (χ4n) is 1.61.